The smallest absolute Gasteiger partial charge is 0.226 e. The lowest BCUT2D eigenvalue weighted by Gasteiger charge is -2.25. The molecule has 1 N–H and O–H groups in total. The van der Waals surface area contributed by atoms with Crippen LogP contribution in [0.2, 0.25) is 0 Å². The number of nitrogens with zero attached hydrogens (tertiary/aromatic N) is 3. The van der Waals surface area contributed by atoms with Gasteiger partial charge in [-0.05, 0) is 19.3 Å². The van der Waals surface area contributed by atoms with E-state index in [9.17, 15) is 0 Å². The minimum Gasteiger partial charge on any atom is -0.378 e. The number of aryl methyl sites for hydroxylation is 1. The molecule has 6 nitrogen and oxygen atoms in total. The highest BCUT2D eigenvalue weighted by molar-refractivity contribution is 4.88. The van der Waals surface area contributed by atoms with Crippen LogP contribution >= 0.6 is 0 Å². The van der Waals surface area contributed by atoms with Gasteiger partial charge in [0.05, 0.1) is 12.6 Å². The average molecular weight is 266 g/mol. The van der Waals surface area contributed by atoms with Crippen LogP contribution < -0.4 is 5.32 Å². The summed E-state index contributed by atoms with van der Waals surface area (Å²) in [5.41, 5.74) is 0. The van der Waals surface area contributed by atoms with E-state index < -0.39 is 0 Å². The minimum absolute atomic E-state index is 0.392. The molecule has 0 saturated carbocycles. The first-order valence-electron chi connectivity index (χ1n) is 7.26. The van der Waals surface area contributed by atoms with Gasteiger partial charge in [0.1, 0.15) is 0 Å². The van der Waals surface area contributed by atoms with Crippen molar-refractivity contribution in [1.82, 2.24) is 20.4 Å². The molecule has 0 aliphatic carbocycles. The Kier molecular flexibility index (Phi) is 4.42. The quantitative estimate of drug-likeness (QED) is 0.841. The first kappa shape index (κ1) is 13.0. The van der Waals surface area contributed by atoms with Crippen molar-refractivity contribution in [2.75, 3.05) is 32.8 Å². The zero-order chi connectivity index (χ0) is 12.9. The molecule has 0 amide bonds. The second kappa shape index (κ2) is 6.45. The molecule has 19 heavy (non-hydrogen) atoms. The van der Waals surface area contributed by atoms with Crippen molar-refractivity contribution in [3.05, 3.63) is 11.7 Å². The van der Waals surface area contributed by atoms with Crippen LogP contribution in [0.15, 0.2) is 4.52 Å². The van der Waals surface area contributed by atoms with Gasteiger partial charge in [-0.1, -0.05) is 5.16 Å². The summed E-state index contributed by atoms with van der Waals surface area (Å²) in [6, 6.07) is 0. The zero-order valence-corrected chi connectivity index (χ0v) is 11.3. The van der Waals surface area contributed by atoms with E-state index >= 15 is 0 Å². The van der Waals surface area contributed by atoms with Crippen molar-refractivity contribution < 1.29 is 9.26 Å². The van der Waals surface area contributed by atoms with E-state index in [0.717, 1.165) is 63.9 Å². The molecule has 2 fully saturated rings. The number of hydrogen-bond donors (Lipinski definition) is 1. The molecule has 2 aliphatic rings. The first-order valence-corrected chi connectivity index (χ1v) is 7.26. The third-order valence-electron chi connectivity index (χ3n) is 3.79. The highest BCUT2D eigenvalue weighted by Gasteiger charge is 2.18. The van der Waals surface area contributed by atoms with Gasteiger partial charge in [0.15, 0.2) is 5.82 Å². The minimum atomic E-state index is 0.392. The summed E-state index contributed by atoms with van der Waals surface area (Å²) < 4.78 is 10.9. The molecule has 6 heteroatoms. The van der Waals surface area contributed by atoms with Crippen molar-refractivity contribution in [1.29, 1.82) is 0 Å². The predicted octanol–water partition coefficient (Wildman–Crippen LogP) is 0.586. The SMILES string of the molecule is C1COC(CCc2nc(CN3CCNCC3)no2)C1. The fourth-order valence-electron chi connectivity index (χ4n) is 2.68. The van der Waals surface area contributed by atoms with Crippen LogP contribution in [0.25, 0.3) is 0 Å². The van der Waals surface area contributed by atoms with Crippen LogP contribution in [-0.2, 0) is 17.7 Å². The molecule has 0 radical (unpaired) electrons. The fraction of sp³-hybridized carbons (Fsp3) is 0.846. The number of ether oxygens (including phenoxy) is 1. The zero-order valence-electron chi connectivity index (χ0n) is 11.3. The lowest BCUT2D eigenvalue weighted by atomic mass is 10.1. The van der Waals surface area contributed by atoms with E-state index in [0.29, 0.717) is 6.10 Å². The number of rotatable bonds is 5. The van der Waals surface area contributed by atoms with E-state index in [1.54, 1.807) is 0 Å². The van der Waals surface area contributed by atoms with Crippen molar-refractivity contribution in [3.8, 4) is 0 Å². The van der Waals surface area contributed by atoms with Gasteiger partial charge in [-0.2, -0.15) is 4.98 Å². The second-order valence-electron chi connectivity index (χ2n) is 5.30. The lowest BCUT2D eigenvalue weighted by Crippen LogP contribution is -2.43. The molecule has 0 spiro atoms. The molecule has 106 valence electrons. The molecule has 3 rings (SSSR count). The molecule has 0 bridgehead atoms. The summed E-state index contributed by atoms with van der Waals surface area (Å²) in [4.78, 5) is 6.82. The molecule has 1 atom stereocenters. The average Bonchev–Trinajstić information content (AvgIpc) is 3.09. The standard InChI is InChI=1S/C13H22N4O2/c1-2-11(18-9-1)3-4-13-15-12(16-19-13)10-17-7-5-14-6-8-17/h11,14H,1-10H2. The van der Waals surface area contributed by atoms with Crippen molar-refractivity contribution in [3.63, 3.8) is 0 Å². The molecule has 2 saturated heterocycles. The van der Waals surface area contributed by atoms with Gasteiger partial charge in [0.25, 0.3) is 0 Å². The maximum atomic E-state index is 5.60. The number of hydrogen-bond acceptors (Lipinski definition) is 6. The van der Waals surface area contributed by atoms with E-state index in [2.05, 4.69) is 20.4 Å². The molecule has 0 aromatic carbocycles. The molecule has 1 aromatic heterocycles. The lowest BCUT2D eigenvalue weighted by molar-refractivity contribution is 0.102. The van der Waals surface area contributed by atoms with E-state index in [4.69, 9.17) is 9.26 Å². The molecular weight excluding hydrogens is 244 g/mol. The fourth-order valence-corrected chi connectivity index (χ4v) is 2.68. The number of piperazine rings is 1. The molecule has 1 aromatic rings. The number of aromatic nitrogens is 2. The van der Waals surface area contributed by atoms with Gasteiger partial charge < -0.3 is 14.6 Å². The van der Waals surface area contributed by atoms with E-state index in [1.165, 1.54) is 12.8 Å². The second-order valence-corrected chi connectivity index (χ2v) is 5.30. The van der Waals surface area contributed by atoms with Gasteiger partial charge in [0.2, 0.25) is 5.89 Å². The Labute approximate surface area is 113 Å². The van der Waals surface area contributed by atoms with Gasteiger partial charge in [-0.25, -0.2) is 0 Å². The Morgan fingerprint density at radius 1 is 1.32 bits per heavy atom. The van der Waals surface area contributed by atoms with Crippen molar-refractivity contribution in [2.45, 2.75) is 38.3 Å². The third-order valence-corrected chi connectivity index (χ3v) is 3.79. The Balaban J connectivity index is 1.45. The van der Waals surface area contributed by atoms with Gasteiger partial charge in [-0.3, -0.25) is 4.90 Å². The van der Waals surface area contributed by atoms with Gasteiger partial charge in [0, 0.05) is 39.2 Å². The summed E-state index contributed by atoms with van der Waals surface area (Å²) >= 11 is 0. The Morgan fingerprint density at radius 3 is 3.00 bits per heavy atom. The van der Waals surface area contributed by atoms with Crippen LogP contribution in [0.5, 0.6) is 0 Å². The highest BCUT2D eigenvalue weighted by atomic mass is 16.5. The van der Waals surface area contributed by atoms with Crippen molar-refractivity contribution >= 4 is 0 Å². The van der Waals surface area contributed by atoms with E-state index in [-0.39, 0.29) is 0 Å². The summed E-state index contributed by atoms with van der Waals surface area (Å²) in [6.45, 7) is 5.90. The summed E-state index contributed by atoms with van der Waals surface area (Å²) in [6.07, 6.45) is 4.57. The van der Waals surface area contributed by atoms with Gasteiger partial charge >= 0.3 is 0 Å². The highest BCUT2D eigenvalue weighted by Crippen LogP contribution is 2.17. The Morgan fingerprint density at radius 2 is 2.21 bits per heavy atom. The number of nitrogens with one attached hydrogen (secondary N) is 1. The maximum Gasteiger partial charge on any atom is 0.226 e. The Hall–Kier alpha value is -0.980. The topological polar surface area (TPSA) is 63.4 Å². The van der Waals surface area contributed by atoms with Crippen LogP contribution in [0, 0.1) is 0 Å². The van der Waals surface area contributed by atoms with Crippen LogP contribution in [-0.4, -0.2) is 53.9 Å². The van der Waals surface area contributed by atoms with Crippen LogP contribution in [0.4, 0.5) is 0 Å². The maximum absolute atomic E-state index is 5.60. The van der Waals surface area contributed by atoms with Gasteiger partial charge in [-0.15, -0.1) is 0 Å². The molecule has 1 unspecified atom stereocenters. The van der Waals surface area contributed by atoms with Crippen LogP contribution in [0.3, 0.4) is 0 Å². The largest absolute Gasteiger partial charge is 0.378 e. The molecule has 3 heterocycles. The van der Waals surface area contributed by atoms with E-state index in [1.807, 2.05) is 0 Å². The molecule has 2 aliphatic heterocycles. The first-order chi connectivity index (χ1) is 9.40. The molecular formula is C13H22N4O2. The monoisotopic (exact) mass is 266 g/mol. The van der Waals surface area contributed by atoms with Crippen molar-refractivity contribution in [2.24, 2.45) is 0 Å². The summed E-state index contributed by atoms with van der Waals surface area (Å²) in [5, 5.41) is 7.40. The summed E-state index contributed by atoms with van der Waals surface area (Å²) in [7, 11) is 0. The van der Waals surface area contributed by atoms with Crippen LogP contribution in [0.1, 0.15) is 31.0 Å². The third kappa shape index (κ3) is 3.75. The predicted molar refractivity (Wildman–Crippen MR) is 69.7 cm³/mol. The normalized spacial score (nSPS) is 24.9. The summed E-state index contributed by atoms with van der Waals surface area (Å²) in [5.74, 6) is 1.56. The Bertz CT molecular complexity index is 384.